The Morgan fingerprint density at radius 1 is 1.22 bits per heavy atom. The predicted molar refractivity (Wildman–Crippen MR) is 97.4 cm³/mol. The van der Waals surface area contributed by atoms with Crippen LogP contribution in [-0.4, -0.2) is 62.0 Å². The van der Waals surface area contributed by atoms with E-state index >= 15 is 0 Å². The lowest BCUT2D eigenvalue weighted by Crippen LogP contribution is -2.43. The van der Waals surface area contributed by atoms with E-state index in [2.05, 4.69) is 0 Å². The number of Topliss-reactive ketones (excluding diaryl/α,β-unsaturated/α-hetero) is 1. The number of ether oxygens (including phenoxy) is 3. The maximum Gasteiger partial charge on any atom is 0.337 e. The molecule has 1 fully saturated rings. The van der Waals surface area contributed by atoms with Crippen LogP contribution in [0.4, 0.5) is 0 Å². The Labute approximate surface area is 159 Å². The summed E-state index contributed by atoms with van der Waals surface area (Å²) < 4.78 is 38.7. The third kappa shape index (κ3) is 6.19. The summed E-state index contributed by atoms with van der Waals surface area (Å²) in [5.74, 6) is -1.60. The van der Waals surface area contributed by atoms with Crippen molar-refractivity contribution in [2.75, 3.05) is 27.0 Å². The van der Waals surface area contributed by atoms with Gasteiger partial charge in [0.2, 0.25) is 0 Å². The minimum Gasteiger partial charge on any atom is -0.388 e. The van der Waals surface area contributed by atoms with Crippen LogP contribution >= 0.6 is 7.60 Å². The highest BCUT2D eigenvalue weighted by atomic mass is 31.2. The fraction of sp³-hybridized carbons (Fsp3) is 0.611. The topological polar surface area (TPSA) is 101 Å². The largest absolute Gasteiger partial charge is 0.388 e. The van der Waals surface area contributed by atoms with Crippen molar-refractivity contribution < 1.29 is 37.7 Å². The number of ketones is 1. The average Bonchev–Trinajstić information content (AvgIpc) is 2.98. The number of carbonyl (C=O) groups is 1. The minimum atomic E-state index is -3.55. The van der Waals surface area contributed by atoms with Gasteiger partial charge >= 0.3 is 7.60 Å². The van der Waals surface area contributed by atoms with Crippen LogP contribution < -0.4 is 0 Å². The highest BCUT2D eigenvalue weighted by Gasteiger charge is 2.49. The summed E-state index contributed by atoms with van der Waals surface area (Å²) in [4.78, 5) is 12.6. The summed E-state index contributed by atoms with van der Waals surface area (Å²) in [6.45, 7) is 3.54. The number of rotatable bonds is 10. The fourth-order valence-electron chi connectivity index (χ4n) is 2.77. The number of carbonyl (C=O) groups excluding carboxylic acids is 1. The molecule has 0 bridgehead atoms. The maximum atomic E-state index is 12.6. The van der Waals surface area contributed by atoms with Gasteiger partial charge in [-0.1, -0.05) is 30.3 Å². The molecule has 0 aromatic heterocycles. The molecule has 2 rings (SSSR count). The summed E-state index contributed by atoms with van der Waals surface area (Å²) in [5, 5.41) is 10.5. The van der Waals surface area contributed by atoms with Crippen LogP contribution in [0.5, 0.6) is 0 Å². The molecule has 1 aliphatic rings. The van der Waals surface area contributed by atoms with Gasteiger partial charge in [-0.25, -0.2) is 0 Å². The summed E-state index contributed by atoms with van der Waals surface area (Å²) >= 11 is 0. The second kappa shape index (κ2) is 9.39. The maximum absolute atomic E-state index is 12.6. The third-order valence-electron chi connectivity index (χ3n) is 4.13. The average molecular weight is 402 g/mol. The van der Waals surface area contributed by atoms with Crippen molar-refractivity contribution in [1.29, 1.82) is 0 Å². The van der Waals surface area contributed by atoms with Crippen LogP contribution in [0.1, 0.15) is 19.4 Å². The number of hydrogen-bond acceptors (Lipinski definition) is 8. The van der Waals surface area contributed by atoms with E-state index in [4.69, 9.17) is 23.3 Å². The van der Waals surface area contributed by atoms with E-state index in [-0.39, 0.29) is 6.61 Å². The van der Waals surface area contributed by atoms with Gasteiger partial charge in [-0.05, 0) is 19.4 Å². The molecule has 1 aromatic carbocycles. The molecule has 8 nitrogen and oxygen atoms in total. The zero-order valence-corrected chi connectivity index (χ0v) is 16.9. The zero-order valence-electron chi connectivity index (χ0n) is 16.0. The summed E-state index contributed by atoms with van der Waals surface area (Å²) in [6, 6.07) is 9.50. The Balaban J connectivity index is 1.99. The van der Waals surface area contributed by atoms with Crippen molar-refractivity contribution in [3.63, 3.8) is 0 Å². The molecule has 0 aliphatic carbocycles. The standard InChI is InChI=1S/C18H27O8P/c1-18(2)25-16(14(19)11-24-10-13-8-6-5-7-9-13)17(26-18)15(20)12-27(21,22-3)23-4/h5-9,14,16-17,19H,10-12H2,1-4H3/t14-,16-,17-/m1/s1. The van der Waals surface area contributed by atoms with E-state index in [9.17, 15) is 14.5 Å². The number of aliphatic hydroxyl groups excluding tert-OH is 1. The number of hydrogen-bond donors (Lipinski definition) is 1. The lowest BCUT2D eigenvalue weighted by molar-refractivity contribution is -0.161. The van der Waals surface area contributed by atoms with Crippen molar-refractivity contribution in [2.24, 2.45) is 0 Å². The van der Waals surface area contributed by atoms with Crippen molar-refractivity contribution in [2.45, 2.75) is 44.6 Å². The Morgan fingerprint density at radius 2 is 1.85 bits per heavy atom. The van der Waals surface area contributed by atoms with E-state index in [1.54, 1.807) is 13.8 Å². The first-order valence-corrected chi connectivity index (χ1v) is 10.3. The van der Waals surface area contributed by atoms with Crippen LogP contribution in [0.3, 0.4) is 0 Å². The van der Waals surface area contributed by atoms with Crippen molar-refractivity contribution in [1.82, 2.24) is 0 Å². The Bertz CT molecular complexity index is 655. The van der Waals surface area contributed by atoms with E-state index in [1.165, 1.54) is 14.2 Å². The smallest absolute Gasteiger partial charge is 0.337 e. The van der Waals surface area contributed by atoms with Crippen molar-refractivity contribution in [3.05, 3.63) is 35.9 Å². The van der Waals surface area contributed by atoms with Crippen molar-refractivity contribution >= 4 is 13.4 Å². The monoisotopic (exact) mass is 402 g/mol. The Kier molecular flexibility index (Phi) is 7.71. The highest BCUT2D eigenvalue weighted by Crippen LogP contribution is 2.47. The van der Waals surface area contributed by atoms with E-state index < -0.39 is 43.6 Å². The fourth-order valence-corrected chi connectivity index (χ4v) is 3.74. The van der Waals surface area contributed by atoms with Crippen LogP contribution in [0.2, 0.25) is 0 Å². The van der Waals surface area contributed by atoms with Gasteiger partial charge in [-0.3, -0.25) is 9.36 Å². The van der Waals surface area contributed by atoms with Crippen LogP contribution in [0.15, 0.2) is 30.3 Å². The molecule has 3 atom stereocenters. The molecular formula is C18H27O8P. The van der Waals surface area contributed by atoms with E-state index in [1.807, 2.05) is 30.3 Å². The van der Waals surface area contributed by atoms with Gasteiger partial charge in [0, 0.05) is 14.2 Å². The van der Waals surface area contributed by atoms with Crippen LogP contribution in [-0.2, 0) is 39.2 Å². The molecule has 0 spiro atoms. The Morgan fingerprint density at radius 3 is 2.44 bits per heavy atom. The molecule has 0 saturated carbocycles. The molecule has 9 heteroatoms. The zero-order chi connectivity index (χ0) is 20.1. The first kappa shape index (κ1) is 22.2. The van der Waals surface area contributed by atoms with E-state index in [0.29, 0.717) is 6.61 Å². The third-order valence-corrected chi connectivity index (χ3v) is 5.94. The SMILES string of the molecule is COP(=O)(CC(=O)[C@H]1OC(C)(C)O[C@@H]1[C@H](O)COCc1ccccc1)OC. The summed E-state index contributed by atoms with van der Waals surface area (Å²) in [6.07, 6.45) is -3.63. The van der Waals surface area contributed by atoms with Gasteiger partial charge in [-0.15, -0.1) is 0 Å². The molecule has 27 heavy (non-hydrogen) atoms. The first-order chi connectivity index (χ1) is 12.7. The van der Waals surface area contributed by atoms with Crippen LogP contribution in [0.25, 0.3) is 0 Å². The molecule has 0 radical (unpaired) electrons. The van der Waals surface area contributed by atoms with Crippen LogP contribution in [0, 0.1) is 0 Å². The molecule has 1 N–H and O–H groups in total. The van der Waals surface area contributed by atoms with Crippen molar-refractivity contribution in [3.8, 4) is 0 Å². The number of aliphatic hydroxyl groups is 1. The lowest BCUT2D eigenvalue weighted by atomic mass is 10.1. The quantitative estimate of drug-likeness (QED) is 0.594. The second-order valence-corrected chi connectivity index (χ2v) is 8.96. The molecule has 1 aliphatic heterocycles. The lowest BCUT2D eigenvalue weighted by Gasteiger charge is -2.22. The van der Waals surface area contributed by atoms with Gasteiger partial charge in [0.1, 0.15) is 24.5 Å². The van der Waals surface area contributed by atoms with Gasteiger partial charge in [-0.2, -0.15) is 0 Å². The number of benzene rings is 1. The predicted octanol–water partition coefficient (Wildman–Crippen LogP) is 2.14. The van der Waals surface area contributed by atoms with Gasteiger partial charge in [0.15, 0.2) is 11.6 Å². The molecule has 1 heterocycles. The molecule has 0 unspecified atom stereocenters. The molecule has 1 aromatic rings. The summed E-state index contributed by atoms with van der Waals surface area (Å²) in [7, 11) is -1.14. The summed E-state index contributed by atoms with van der Waals surface area (Å²) in [5.41, 5.74) is 0.961. The molecule has 1 saturated heterocycles. The Hall–Kier alpha value is -1.12. The molecular weight excluding hydrogens is 375 g/mol. The molecule has 0 amide bonds. The van der Waals surface area contributed by atoms with E-state index in [0.717, 1.165) is 5.56 Å². The van der Waals surface area contributed by atoms with Gasteiger partial charge in [0.25, 0.3) is 0 Å². The first-order valence-electron chi connectivity index (χ1n) is 8.58. The minimum absolute atomic E-state index is 0.0466. The molecule has 152 valence electrons. The highest BCUT2D eigenvalue weighted by molar-refractivity contribution is 7.54. The van der Waals surface area contributed by atoms with Gasteiger partial charge in [0.05, 0.1) is 13.2 Å². The second-order valence-electron chi connectivity index (χ2n) is 6.69. The van der Waals surface area contributed by atoms with Gasteiger partial charge < -0.3 is 28.4 Å². The normalized spacial score (nSPS) is 23.3.